The lowest BCUT2D eigenvalue weighted by atomic mass is 10.1. The Labute approximate surface area is 206 Å². The Hall–Kier alpha value is -4.21. The van der Waals surface area contributed by atoms with Crippen LogP contribution in [0.2, 0.25) is 0 Å². The number of hydrogen-bond acceptors (Lipinski definition) is 5. The van der Waals surface area contributed by atoms with Gasteiger partial charge in [0.15, 0.2) is 0 Å². The Bertz CT molecular complexity index is 1610. The van der Waals surface area contributed by atoms with E-state index < -0.39 is 5.69 Å². The van der Waals surface area contributed by atoms with Crippen molar-refractivity contribution >= 4 is 34.2 Å². The van der Waals surface area contributed by atoms with Crippen molar-refractivity contribution in [1.82, 2.24) is 24.1 Å². The van der Waals surface area contributed by atoms with Crippen LogP contribution in [-0.2, 0) is 18.4 Å². The van der Waals surface area contributed by atoms with Gasteiger partial charge < -0.3 is 10.2 Å². The third-order valence-corrected chi connectivity index (χ3v) is 6.80. The van der Waals surface area contributed by atoms with E-state index >= 15 is 0 Å². The molecule has 0 spiro atoms. The van der Waals surface area contributed by atoms with Crippen molar-refractivity contribution in [3.8, 4) is 0 Å². The topological polar surface area (TPSA) is 111 Å². The highest BCUT2D eigenvalue weighted by Crippen LogP contribution is 2.22. The van der Waals surface area contributed by atoms with Gasteiger partial charge in [0, 0.05) is 37.3 Å². The van der Waals surface area contributed by atoms with E-state index in [0.29, 0.717) is 29.4 Å². The molecule has 2 aromatic carbocycles. The predicted molar refractivity (Wildman–Crippen MR) is 137 cm³/mol. The van der Waals surface area contributed by atoms with Crippen LogP contribution in [0.4, 0.5) is 5.69 Å². The van der Waals surface area contributed by atoms with Gasteiger partial charge in [-0.3, -0.25) is 19.0 Å². The number of rotatable bonds is 6. The molecule has 0 aliphatic carbocycles. The minimum absolute atomic E-state index is 0.00249. The number of nitrogens with one attached hydrogen (secondary N) is 1. The summed E-state index contributed by atoms with van der Waals surface area (Å²) in [5.41, 5.74) is 1.65. The molecule has 4 aromatic rings. The average Bonchev–Trinajstić information content (AvgIpc) is 3.45. The van der Waals surface area contributed by atoms with E-state index in [1.807, 2.05) is 38.1 Å². The van der Waals surface area contributed by atoms with Gasteiger partial charge in [-0.15, -0.1) is 5.10 Å². The Morgan fingerprint density at radius 1 is 1.11 bits per heavy atom. The summed E-state index contributed by atoms with van der Waals surface area (Å²) in [6.45, 7) is 4.80. The molecule has 186 valence electrons. The second kappa shape index (κ2) is 9.10. The summed E-state index contributed by atoms with van der Waals surface area (Å²) >= 11 is 0. The summed E-state index contributed by atoms with van der Waals surface area (Å²) in [5, 5.41) is 7.67. The van der Waals surface area contributed by atoms with E-state index in [2.05, 4.69) is 10.4 Å². The molecule has 1 unspecified atom stereocenters. The lowest BCUT2D eigenvalue weighted by Gasteiger charge is -2.15. The van der Waals surface area contributed by atoms with E-state index in [1.165, 1.54) is 13.6 Å². The van der Waals surface area contributed by atoms with Crippen LogP contribution in [0.15, 0.2) is 52.1 Å². The normalized spacial score (nSPS) is 14.6. The summed E-state index contributed by atoms with van der Waals surface area (Å²) in [4.78, 5) is 52.9. The molecule has 2 amide bonds. The molecule has 0 bridgehead atoms. The van der Waals surface area contributed by atoms with Crippen molar-refractivity contribution in [2.24, 2.45) is 7.05 Å². The molecule has 2 aromatic heterocycles. The zero-order valence-corrected chi connectivity index (χ0v) is 20.5. The highest BCUT2D eigenvalue weighted by atomic mass is 16.2. The number of fused-ring (bicyclic) bond motifs is 3. The third kappa shape index (κ3) is 3.98. The Morgan fingerprint density at radius 3 is 2.53 bits per heavy atom. The molecule has 10 heteroatoms. The first-order valence-electron chi connectivity index (χ1n) is 12.1. The van der Waals surface area contributed by atoms with Crippen LogP contribution in [0.5, 0.6) is 0 Å². The lowest BCUT2D eigenvalue weighted by molar-refractivity contribution is -0.117. The van der Waals surface area contributed by atoms with Gasteiger partial charge in [-0.2, -0.15) is 0 Å². The third-order valence-electron chi connectivity index (χ3n) is 6.80. The van der Waals surface area contributed by atoms with Crippen LogP contribution >= 0.6 is 0 Å². The molecule has 1 saturated heterocycles. The first kappa shape index (κ1) is 23.5. The first-order chi connectivity index (χ1) is 17.3. The van der Waals surface area contributed by atoms with Gasteiger partial charge in [0.25, 0.3) is 11.5 Å². The summed E-state index contributed by atoms with van der Waals surface area (Å²) in [6.07, 6.45) is 2.20. The molecule has 1 aliphatic heterocycles. The average molecular weight is 489 g/mol. The number of amides is 2. The molecule has 0 radical (unpaired) electrons. The smallest absolute Gasteiger partial charge is 0.350 e. The second-order valence-electron chi connectivity index (χ2n) is 9.27. The largest absolute Gasteiger partial charge is 0.352 e. The summed E-state index contributed by atoms with van der Waals surface area (Å²) in [5.74, 6) is 0.0395. The van der Waals surface area contributed by atoms with Gasteiger partial charge in [-0.05, 0) is 55.7 Å². The Balaban J connectivity index is 1.55. The van der Waals surface area contributed by atoms with Gasteiger partial charge in [0.05, 0.1) is 17.4 Å². The second-order valence-corrected chi connectivity index (χ2v) is 9.27. The quantitative estimate of drug-likeness (QED) is 0.447. The number of hydrogen-bond donors (Lipinski definition) is 1. The maximum Gasteiger partial charge on any atom is 0.352 e. The van der Waals surface area contributed by atoms with Crippen LogP contribution < -0.4 is 21.5 Å². The number of anilines is 1. The van der Waals surface area contributed by atoms with E-state index in [-0.39, 0.29) is 35.7 Å². The molecule has 1 atom stereocenters. The van der Waals surface area contributed by atoms with Crippen LogP contribution in [0, 0.1) is 0 Å². The fraction of sp³-hybridized carbons (Fsp3) is 0.346. The van der Waals surface area contributed by atoms with Crippen molar-refractivity contribution in [2.75, 3.05) is 11.4 Å². The van der Waals surface area contributed by atoms with E-state index in [4.69, 9.17) is 0 Å². The minimum atomic E-state index is -0.413. The number of aryl methyl sites for hydroxylation is 1. The number of aromatic nitrogens is 4. The van der Waals surface area contributed by atoms with Gasteiger partial charge >= 0.3 is 5.69 Å². The number of carbonyl (C=O) groups excluding carboxylic acids is 2. The summed E-state index contributed by atoms with van der Waals surface area (Å²) < 4.78 is 4.01. The molecule has 1 N–H and O–H groups in total. The van der Waals surface area contributed by atoms with Gasteiger partial charge in [-0.25, -0.2) is 13.9 Å². The van der Waals surface area contributed by atoms with Crippen LogP contribution in [-0.4, -0.2) is 43.1 Å². The molecule has 3 heterocycles. The van der Waals surface area contributed by atoms with Crippen LogP contribution in [0.3, 0.4) is 0 Å². The highest BCUT2D eigenvalue weighted by molar-refractivity contribution is 5.98. The van der Waals surface area contributed by atoms with Gasteiger partial charge in [0.1, 0.15) is 0 Å². The molecule has 0 saturated carbocycles. The van der Waals surface area contributed by atoms with Crippen molar-refractivity contribution < 1.29 is 9.59 Å². The van der Waals surface area contributed by atoms with Crippen LogP contribution in [0.1, 0.15) is 49.0 Å². The number of benzene rings is 2. The van der Waals surface area contributed by atoms with Gasteiger partial charge in [-0.1, -0.05) is 19.1 Å². The zero-order valence-electron chi connectivity index (χ0n) is 20.5. The fourth-order valence-corrected chi connectivity index (χ4v) is 4.52. The molecule has 10 nitrogen and oxygen atoms in total. The molecular weight excluding hydrogens is 460 g/mol. The molecular formula is C26H28N6O4. The van der Waals surface area contributed by atoms with Crippen molar-refractivity contribution in [3.05, 3.63) is 74.4 Å². The van der Waals surface area contributed by atoms with Crippen molar-refractivity contribution in [2.45, 2.75) is 45.7 Å². The van der Waals surface area contributed by atoms with E-state index in [9.17, 15) is 19.2 Å². The lowest BCUT2D eigenvalue weighted by Crippen LogP contribution is -2.32. The number of nitrogens with zero attached hydrogens (tertiary/aromatic N) is 5. The molecule has 1 aliphatic rings. The Kier molecular flexibility index (Phi) is 5.95. The van der Waals surface area contributed by atoms with Gasteiger partial charge in [0.2, 0.25) is 11.7 Å². The minimum Gasteiger partial charge on any atom is -0.350 e. The van der Waals surface area contributed by atoms with Crippen LogP contribution in [0.25, 0.3) is 16.7 Å². The molecule has 1 fully saturated rings. The molecule has 5 rings (SSSR count). The standard InChI is InChI=1S/C26H28N6O4/c1-4-16(2)27-23(34)18-9-12-20-21(14-18)32-25(29(3)24(20)35)28-31(26(32)36)15-17-7-10-19(11-8-17)30-13-5-6-22(30)33/h7-12,14,16H,4-6,13,15H2,1-3H3,(H,27,34). The number of carbonyl (C=O) groups is 2. The SMILES string of the molecule is CCC(C)NC(=O)c1ccc2c(=O)n(C)c3nn(Cc4ccc(N5CCCC5=O)cc4)c(=O)n3c2c1. The summed E-state index contributed by atoms with van der Waals surface area (Å²) in [6, 6.07) is 12.2. The van der Waals surface area contributed by atoms with E-state index in [1.54, 1.807) is 30.1 Å². The maximum absolute atomic E-state index is 13.4. The molecule has 36 heavy (non-hydrogen) atoms. The fourth-order valence-electron chi connectivity index (χ4n) is 4.52. The predicted octanol–water partition coefficient (Wildman–Crippen LogP) is 2.05. The van der Waals surface area contributed by atoms with Crippen molar-refractivity contribution in [1.29, 1.82) is 0 Å². The maximum atomic E-state index is 13.4. The van der Waals surface area contributed by atoms with Crippen molar-refractivity contribution in [3.63, 3.8) is 0 Å². The van der Waals surface area contributed by atoms with E-state index in [0.717, 1.165) is 24.1 Å². The zero-order chi connectivity index (χ0) is 25.6. The summed E-state index contributed by atoms with van der Waals surface area (Å²) in [7, 11) is 1.57. The first-order valence-corrected chi connectivity index (χ1v) is 12.1. The highest BCUT2D eigenvalue weighted by Gasteiger charge is 2.22. The monoisotopic (exact) mass is 488 g/mol. The Morgan fingerprint density at radius 2 is 1.86 bits per heavy atom.